The molecule has 0 spiro atoms. The smallest absolute Gasteiger partial charge is 0.323 e. The summed E-state index contributed by atoms with van der Waals surface area (Å²) >= 11 is 0. The molecular formula is C9H17NO4S2. The quantitative estimate of drug-likeness (QED) is 0.413. The fourth-order valence-electron chi connectivity index (χ4n) is 0.760. The molecule has 0 aromatic heterocycles. The molecule has 0 aliphatic carbocycles. The van der Waals surface area contributed by atoms with Crippen molar-refractivity contribution in [3.63, 3.8) is 0 Å². The molecule has 2 atom stereocenters. The molecule has 0 fully saturated rings. The number of hydrogen-bond donors (Lipinski definition) is 1. The maximum Gasteiger partial charge on any atom is 0.323 e. The molecule has 0 aliphatic heterocycles. The molecule has 0 heterocycles. The molecule has 2 N–H and O–H groups in total. The molecular weight excluding hydrogens is 250 g/mol. The van der Waals surface area contributed by atoms with E-state index in [9.17, 15) is 9.59 Å². The summed E-state index contributed by atoms with van der Waals surface area (Å²) in [4.78, 5) is 22.0. The van der Waals surface area contributed by atoms with Crippen LogP contribution >= 0.6 is 21.6 Å². The maximum absolute atomic E-state index is 11.1. The van der Waals surface area contributed by atoms with E-state index in [1.807, 2.05) is 0 Å². The van der Waals surface area contributed by atoms with Crippen molar-refractivity contribution in [3.8, 4) is 0 Å². The van der Waals surface area contributed by atoms with Crippen LogP contribution in [0.4, 0.5) is 0 Å². The number of carbonyl (C=O) groups is 2. The molecule has 0 rings (SSSR count). The molecule has 16 heavy (non-hydrogen) atoms. The van der Waals surface area contributed by atoms with Crippen molar-refractivity contribution < 1.29 is 19.1 Å². The Morgan fingerprint density at radius 1 is 1.12 bits per heavy atom. The second-order valence-electron chi connectivity index (χ2n) is 3.12. The van der Waals surface area contributed by atoms with Crippen LogP contribution in [0, 0.1) is 5.92 Å². The average Bonchev–Trinajstić information content (AvgIpc) is 2.31. The van der Waals surface area contributed by atoms with E-state index in [-0.39, 0.29) is 11.9 Å². The lowest BCUT2D eigenvalue weighted by Gasteiger charge is -2.10. The number of ether oxygens (including phenoxy) is 2. The van der Waals surface area contributed by atoms with E-state index >= 15 is 0 Å². The van der Waals surface area contributed by atoms with Gasteiger partial charge in [-0.1, -0.05) is 28.5 Å². The summed E-state index contributed by atoms with van der Waals surface area (Å²) in [5.41, 5.74) is 5.53. The van der Waals surface area contributed by atoms with E-state index in [0.29, 0.717) is 11.5 Å². The van der Waals surface area contributed by atoms with Gasteiger partial charge < -0.3 is 15.2 Å². The summed E-state index contributed by atoms with van der Waals surface area (Å²) in [6.45, 7) is 1.79. The van der Waals surface area contributed by atoms with Gasteiger partial charge in [0.05, 0.1) is 20.1 Å². The van der Waals surface area contributed by atoms with Crippen LogP contribution in [0.15, 0.2) is 0 Å². The van der Waals surface area contributed by atoms with Crippen molar-refractivity contribution in [1.29, 1.82) is 0 Å². The summed E-state index contributed by atoms with van der Waals surface area (Å²) in [7, 11) is 5.60. The third kappa shape index (κ3) is 6.24. The number of rotatable bonds is 7. The van der Waals surface area contributed by atoms with E-state index in [4.69, 9.17) is 5.73 Å². The molecule has 5 nitrogen and oxygen atoms in total. The van der Waals surface area contributed by atoms with Gasteiger partial charge in [0.15, 0.2) is 0 Å². The molecule has 0 aromatic carbocycles. The highest BCUT2D eigenvalue weighted by molar-refractivity contribution is 8.76. The van der Waals surface area contributed by atoms with Crippen molar-refractivity contribution in [1.82, 2.24) is 0 Å². The monoisotopic (exact) mass is 267 g/mol. The zero-order valence-corrected chi connectivity index (χ0v) is 11.2. The number of esters is 2. The van der Waals surface area contributed by atoms with Gasteiger partial charge in [0.2, 0.25) is 0 Å². The second-order valence-corrected chi connectivity index (χ2v) is 5.68. The van der Waals surface area contributed by atoms with E-state index in [1.165, 1.54) is 35.8 Å². The fraction of sp³-hybridized carbons (Fsp3) is 0.778. The molecule has 0 aliphatic rings. The predicted molar refractivity (Wildman–Crippen MR) is 66.1 cm³/mol. The van der Waals surface area contributed by atoms with Crippen molar-refractivity contribution in [3.05, 3.63) is 0 Å². The van der Waals surface area contributed by atoms with Crippen molar-refractivity contribution in [2.24, 2.45) is 11.7 Å². The molecule has 94 valence electrons. The zero-order chi connectivity index (χ0) is 12.6. The van der Waals surface area contributed by atoms with Crippen LogP contribution < -0.4 is 5.73 Å². The van der Waals surface area contributed by atoms with Gasteiger partial charge in [0, 0.05) is 11.5 Å². The Hall–Kier alpha value is -0.400. The van der Waals surface area contributed by atoms with E-state index in [2.05, 4.69) is 9.47 Å². The van der Waals surface area contributed by atoms with Crippen molar-refractivity contribution >= 4 is 33.5 Å². The van der Waals surface area contributed by atoms with Gasteiger partial charge in [-0.05, 0) is 0 Å². The SMILES string of the molecule is COC(=O)[C@@H](C)CSSC[C@H](N)C(=O)OC. The maximum atomic E-state index is 11.1. The minimum atomic E-state index is -0.615. The molecule has 0 radical (unpaired) electrons. The molecule has 0 bridgehead atoms. The van der Waals surface area contributed by atoms with E-state index in [0.717, 1.165) is 0 Å². The first kappa shape index (κ1) is 15.6. The van der Waals surface area contributed by atoms with Crippen molar-refractivity contribution in [2.45, 2.75) is 13.0 Å². The Kier molecular flexibility index (Phi) is 8.50. The number of methoxy groups -OCH3 is 2. The molecule has 0 unspecified atom stereocenters. The minimum Gasteiger partial charge on any atom is -0.469 e. The van der Waals surface area contributed by atoms with Crippen LogP contribution in [0.3, 0.4) is 0 Å². The second kappa shape index (κ2) is 8.72. The lowest BCUT2D eigenvalue weighted by molar-refractivity contribution is -0.144. The van der Waals surface area contributed by atoms with Gasteiger partial charge in [0.25, 0.3) is 0 Å². The van der Waals surface area contributed by atoms with Gasteiger partial charge >= 0.3 is 11.9 Å². The Morgan fingerprint density at radius 3 is 2.12 bits per heavy atom. The van der Waals surface area contributed by atoms with Crippen LogP contribution in [-0.4, -0.2) is 43.7 Å². The number of nitrogens with two attached hydrogens (primary N) is 1. The lowest BCUT2D eigenvalue weighted by Crippen LogP contribution is -2.33. The highest BCUT2D eigenvalue weighted by atomic mass is 33.1. The lowest BCUT2D eigenvalue weighted by atomic mass is 10.2. The first-order valence-electron chi connectivity index (χ1n) is 4.68. The third-order valence-electron chi connectivity index (χ3n) is 1.76. The topological polar surface area (TPSA) is 78.6 Å². The van der Waals surface area contributed by atoms with Crippen LogP contribution in [0.25, 0.3) is 0 Å². The summed E-state index contributed by atoms with van der Waals surface area (Å²) in [5.74, 6) is 0.285. The summed E-state index contributed by atoms with van der Waals surface area (Å²) in [5, 5.41) is 0. The van der Waals surface area contributed by atoms with Gasteiger partial charge in [-0.2, -0.15) is 0 Å². The summed E-state index contributed by atoms with van der Waals surface area (Å²) in [6.07, 6.45) is 0. The summed E-state index contributed by atoms with van der Waals surface area (Å²) < 4.78 is 9.07. The standard InChI is InChI=1S/C9H17NO4S2/c1-6(8(11)13-2)4-15-16-5-7(10)9(12)14-3/h6-7H,4-5,10H2,1-3H3/t6-,7-/m0/s1. The van der Waals surface area contributed by atoms with Crippen LogP contribution in [0.5, 0.6) is 0 Å². The highest BCUT2D eigenvalue weighted by Gasteiger charge is 2.16. The predicted octanol–water partition coefficient (Wildman–Crippen LogP) is 0.677. The van der Waals surface area contributed by atoms with Crippen LogP contribution in [0.1, 0.15) is 6.92 Å². The van der Waals surface area contributed by atoms with Crippen LogP contribution in [-0.2, 0) is 19.1 Å². The number of hydrogen-bond acceptors (Lipinski definition) is 7. The van der Waals surface area contributed by atoms with Gasteiger partial charge in [-0.3, -0.25) is 9.59 Å². The average molecular weight is 267 g/mol. The van der Waals surface area contributed by atoms with E-state index in [1.54, 1.807) is 6.92 Å². The van der Waals surface area contributed by atoms with Crippen molar-refractivity contribution in [2.75, 3.05) is 25.7 Å². The van der Waals surface area contributed by atoms with Gasteiger partial charge in [-0.15, -0.1) is 0 Å². The number of carbonyl (C=O) groups excluding carboxylic acids is 2. The van der Waals surface area contributed by atoms with Crippen LogP contribution in [0.2, 0.25) is 0 Å². The fourth-order valence-corrected chi connectivity index (χ4v) is 3.21. The zero-order valence-electron chi connectivity index (χ0n) is 9.60. The Morgan fingerprint density at radius 2 is 1.62 bits per heavy atom. The molecule has 0 saturated heterocycles. The Balaban J connectivity index is 3.60. The molecule has 7 heteroatoms. The first-order valence-corrected chi connectivity index (χ1v) is 7.17. The third-order valence-corrected chi connectivity index (χ3v) is 4.37. The minimum absolute atomic E-state index is 0.156. The Bertz CT molecular complexity index is 214. The van der Waals surface area contributed by atoms with Gasteiger partial charge in [0.1, 0.15) is 6.04 Å². The molecule has 0 saturated carbocycles. The Labute approximate surface area is 103 Å². The van der Waals surface area contributed by atoms with Gasteiger partial charge in [-0.25, -0.2) is 0 Å². The van der Waals surface area contributed by atoms with E-state index < -0.39 is 12.0 Å². The first-order chi connectivity index (χ1) is 7.52. The normalized spacial score (nSPS) is 14.0. The summed E-state index contributed by atoms with van der Waals surface area (Å²) in [6, 6.07) is -0.615. The largest absolute Gasteiger partial charge is 0.469 e. The molecule has 0 amide bonds. The highest BCUT2D eigenvalue weighted by Crippen LogP contribution is 2.24. The molecule has 0 aromatic rings.